The maximum absolute atomic E-state index is 10.6. The Kier molecular flexibility index (Phi) is 6.68. The van der Waals surface area contributed by atoms with Crippen LogP contribution in [0.3, 0.4) is 0 Å². The minimum atomic E-state index is -0.601. The smallest absolute Gasteiger partial charge is 0.0815 e. The van der Waals surface area contributed by atoms with Crippen molar-refractivity contribution in [3.63, 3.8) is 0 Å². The molecule has 118 valence electrons. The van der Waals surface area contributed by atoms with Gasteiger partial charge >= 0.3 is 0 Å². The number of hydrogen-bond donors (Lipinski definition) is 2. The summed E-state index contributed by atoms with van der Waals surface area (Å²) < 4.78 is 5.35. The van der Waals surface area contributed by atoms with Gasteiger partial charge in [0.05, 0.1) is 5.60 Å². The number of aliphatic hydroxyl groups is 1. The van der Waals surface area contributed by atoms with E-state index < -0.39 is 5.60 Å². The summed E-state index contributed by atoms with van der Waals surface area (Å²) in [7, 11) is 0. The molecule has 0 bridgehead atoms. The summed E-state index contributed by atoms with van der Waals surface area (Å²) >= 11 is 0. The molecule has 2 rings (SSSR count). The van der Waals surface area contributed by atoms with Gasteiger partial charge in [0.2, 0.25) is 0 Å². The molecule has 1 unspecified atom stereocenters. The largest absolute Gasteiger partial charge is 0.388 e. The molecule has 1 aromatic carbocycles. The van der Waals surface area contributed by atoms with Crippen LogP contribution in [0, 0.1) is 0 Å². The van der Waals surface area contributed by atoms with Crippen LogP contribution in [0.4, 0.5) is 0 Å². The molecule has 0 aromatic heterocycles. The van der Waals surface area contributed by atoms with Gasteiger partial charge in [0.25, 0.3) is 0 Å². The summed E-state index contributed by atoms with van der Waals surface area (Å²) in [6.45, 7) is 4.23. The molecule has 1 aliphatic rings. The topological polar surface area (TPSA) is 41.5 Å². The van der Waals surface area contributed by atoms with Gasteiger partial charge < -0.3 is 15.2 Å². The van der Waals surface area contributed by atoms with Crippen LogP contribution >= 0.6 is 0 Å². The lowest BCUT2D eigenvalue weighted by Gasteiger charge is -2.34. The zero-order valence-corrected chi connectivity index (χ0v) is 13.2. The molecule has 1 aliphatic heterocycles. The minimum Gasteiger partial charge on any atom is -0.388 e. The number of ether oxygens (including phenoxy) is 1. The molecule has 21 heavy (non-hydrogen) atoms. The predicted octanol–water partition coefficient (Wildman–Crippen LogP) is 3.44. The molecule has 3 nitrogen and oxygen atoms in total. The van der Waals surface area contributed by atoms with Crippen molar-refractivity contribution < 1.29 is 9.84 Å². The minimum absolute atomic E-state index is 0.338. The quantitative estimate of drug-likeness (QED) is 0.721. The van der Waals surface area contributed by atoms with Gasteiger partial charge in [-0.3, -0.25) is 0 Å². The zero-order chi connectivity index (χ0) is 15.0. The molecule has 0 amide bonds. The summed E-state index contributed by atoms with van der Waals surface area (Å²) in [5, 5.41) is 14.2. The molecule has 0 saturated carbocycles. The third-order valence-electron chi connectivity index (χ3n) is 4.40. The first kappa shape index (κ1) is 16.5. The Morgan fingerprint density at radius 1 is 1.19 bits per heavy atom. The Morgan fingerprint density at radius 2 is 1.90 bits per heavy atom. The third-order valence-corrected chi connectivity index (χ3v) is 4.40. The highest BCUT2D eigenvalue weighted by atomic mass is 16.5. The van der Waals surface area contributed by atoms with Gasteiger partial charge in [-0.25, -0.2) is 0 Å². The standard InChI is InChI=1S/C18H29NO2/c1-2-3-5-10-17(16-8-6-4-7-9-16)19-15-18(20)11-13-21-14-12-18/h4,6-9,17,19-20H,2-3,5,10-15H2,1H3. The lowest BCUT2D eigenvalue weighted by molar-refractivity contribution is -0.0629. The Labute approximate surface area is 128 Å². The van der Waals surface area contributed by atoms with E-state index in [-0.39, 0.29) is 0 Å². The summed E-state index contributed by atoms with van der Waals surface area (Å²) in [5.74, 6) is 0. The molecule has 2 N–H and O–H groups in total. The van der Waals surface area contributed by atoms with Gasteiger partial charge in [-0.2, -0.15) is 0 Å². The molecule has 1 heterocycles. The van der Waals surface area contributed by atoms with Crippen molar-refractivity contribution in [2.24, 2.45) is 0 Å². The van der Waals surface area contributed by atoms with Crippen molar-refractivity contribution in [2.75, 3.05) is 19.8 Å². The second-order valence-corrected chi connectivity index (χ2v) is 6.18. The normalized spacial score (nSPS) is 19.3. The van der Waals surface area contributed by atoms with E-state index in [0.717, 1.165) is 19.3 Å². The molecular weight excluding hydrogens is 262 g/mol. The maximum Gasteiger partial charge on any atom is 0.0815 e. The van der Waals surface area contributed by atoms with Gasteiger partial charge in [-0.05, 0) is 12.0 Å². The molecule has 1 atom stereocenters. The summed E-state index contributed by atoms with van der Waals surface area (Å²) in [6.07, 6.45) is 6.33. The zero-order valence-electron chi connectivity index (χ0n) is 13.2. The van der Waals surface area contributed by atoms with Crippen LogP contribution in [0.5, 0.6) is 0 Å². The third kappa shape index (κ3) is 5.42. The molecule has 0 radical (unpaired) electrons. The van der Waals surface area contributed by atoms with Crippen molar-refractivity contribution in [3.05, 3.63) is 35.9 Å². The summed E-state index contributed by atoms with van der Waals surface area (Å²) in [6, 6.07) is 10.9. The Balaban J connectivity index is 1.92. The molecule has 1 saturated heterocycles. The highest BCUT2D eigenvalue weighted by Gasteiger charge is 2.30. The lowest BCUT2D eigenvalue weighted by Crippen LogP contribution is -2.45. The van der Waals surface area contributed by atoms with Crippen LogP contribution < -0.4 is 5.32 Å². The van der Waals surface area contributed by atoms with Gasteiger partial charge in [0.1, 0.15) is 0 Å². The Hall–Kier alpha value is -0.900. The van der Waals surface area contributed by atoms with E-state index in [2.05, 4.69) is 42.6 Å². The highest BCUT2D eigenvalue weighted by molar-refractivity contribution is 5.19. The van der Waals surface area contributed by atoms with Crippen LogP contribution in [0.2, 0.25) is 0 Å². The Bertz CT molecular complexity index is 387. The summed E-state index contributed by atoms with van der Waals surface area (Å²) in [4.78, 5) is 0. The number of benzene rings is 1. The van der Waals surface area contributed by atoms with Crippen LogP contribution in [-0.4, -0.2) is 30.5 Å². The van der Waals surface area contributed by atoms with Crippen molar-refractivity contribution in [1.29, 1.82) is 0 Å². The first-order valence-corrected chi connectivity index (χ1v) is 8.32. The number of nitrogens with one attached hydrogen (secondary N) is 1. The first-order chi connectivity index (χ1) is 10.2. The fourth-order valence-electron chi connectivity index (χ4n) is 2.91. The van der Waals surface area contributed by atoms with Gasteiger partial charge in [-0.1, -0.05) is 56.5 Å². The fraction of sp³-hybridized carbons (Fsp3) is 0.667. The number of unbranched alkanes of at least 4 members (excludes halogenated alkanes) is 2. The van der Waals surface area contributed by atoms with E-state index in [0.29, 0.717) is 25.8 Å². The van der Waals surface area contributed by atoms with Crippen LogP contribution in [0.15, 0.2) is 30.3 Å². The number of hydrogen-bond acceptors (Lipinski definition) is 3. The van der Waals surface area contributed by atoms with Crippen molar-refractivity contribution in [3.8, 4) is 0 Å². The molecule has 1 aromatic rings. The number of rotatable bonds is 8. The van der Waals surface area contributed by atoms with Crippen LogP contribution in [0.1, 0.15) is 57.1 Å². The molecule has 0 aliphatic carbocycles. The van der Waals surface area contributed by atoms with Gasteiger partial charge in [0.15, 0.2) is 0 Å². The predicted molar refractivity (Wildman–Crippen MR) is 86.3 cm³/mol. The maximum atomic E-state index is 10.6. The van der Waals surface area contributed by atoms with Gasteiger partial charge in [-0.15, -0.1) is 0 Å². The molecule has 1 fully saturated rings. The van der Waals surface area contributed by atoms with Gasteiger partial charge in [0, 0.05) is 38.6 Å². The molecule has 3 heteroatoms. The second kappa shape index (κ2) is 8.52. The van der Waals surface area contributed by atoms with E-state index >= 15 is 0 Å². The van der Waals surface area contributed by atoms with Crippen LogP contribution in [0.25, 0.3) is 0 Å². The second-order valence-electron chi connectivity index (χ2n) is 6.18. The average Bonchev–Trinajstić information content (AvgIpc) is 2.52. The van der Waals surface area contributed by atoms with E-state index in [1.807, 2.05) is 0 Å². The highest BCUT2D eigenvalue weighted by Crippen LogP contribution is 2.24. The van der Waals surface area contributed by atoms with E-state index in [4.69, 9.17) is 4.74 Å². The van der Waals surface area contributed by atoms with E-state index in [9.17, 15) is 5.11 Å². The molecule has 0 spiro atoms. The average molecular weight is 291 g/mol. The lowest BCUT2D eigenvalue weighted by atomic mass is 9.93. The molecular formula is C18H29NO2. The van der Waals surface area contributed by atoms with Crippen LogP contribution in [-0.2, 0) is 4.74 Å². The van der Waals surface area contributed by atoms with E-state index in [1.54, 1.807) is 0 Å². The monoisotopic (exact) mass is 291 g/mol. The first-order valence-electron chi connectivity index (χ1n) is 8.32. The fourth-order valence-corrected chi connectivity index (χ4v) is 2.91. The van der Waals surface area contributed by atoms with E-state index in [1.165, 1.54) is 24.8 Å². The van der Waals surface area contributed by atoms with Crippen molar-refractivity contribution in [2.45, 2.75) is 57.1 Å². The van der Waals surface area contributed by atoms with Crippen molar-refractivity contribution in [1.82, 2.24) is 5.32 Å². The van der Waals surface area contributed by atoms with Crippen molar-refractivity contribution >= 4 is 0 Å². The summed E-state index contributed by atoms with van der Waals surface area (Å²) in [5.41, 5.74) is 0.722. The Morgan fingerprint density at radius 3 is 2.57 bits per heavy atom. The SMILES string of the molecule is CCCCCC(NCC1(O)CCOCC1)c1ccccc1.